The highest BCUT2D eigenvalue weighted by molar-refractivity contribution is 5.94. The van der Waals surface area contributed by atoms with Gasteiger partial charge in [0.15, 0.2) is 0 Å². The summed E-state index contributed by atoms with van der Waals surface area (Å²) in [5.74, 6) is 1.01. The molecule has 0 radical (unpaired) electrons. The van der Waals surface area contributed by atoms with E-state index in [1.165, 1.54) is 25.7 Å². The lowest BCUT2D eigenvalue weighted by molar-refractivity contribution is 0.0606. The number of hydrogen-bond donors (Lipinski definition) is 1. The van der Waals surface area contributed by atoms with Crippen LogP contribution in [0.5, 0.6) is 5.75 Å². The first kappa shape index (κ1) is 16.9. The third-order valence-corrected chi connectivity index (χ3v) is 6.38. The van der Waals surface area contributed by atoms with Crippen LogP contribution in [-0.4, -0.2) is 43.1 Å². The summed E-state index contributed by atoms with van der Waals surface area (Å²) in [6, 6.07) is 7.81. The van der Waals surface area contributed by atoms with Gasteiger partial charge in [-0.1, -0.05) is 12.5 Å². The lowest BCUT2D eigenvalue weighted by Gasteiger charge is -2.39. The molecule has 0 atom stereocenters. The number of nitrogens with one attached hydrogen (secondary N) is 1. The topological polar surface area (TPSA) is 41.6 Å². The first-order valence-electron chi connectivity index (χ1n) is 10.0. The Balaban J connectivity index is 1.37. The van der Waals surface area contributed by atoms with Gasteiger partial charge in [-0.25, -0.2) is 0 Å². The van der Waals surface area contributed by atoms with Crippen molar-refractivity contribution in [3.05, 3.63) is 29.8 Å². The van der Waals surface area contributed by atoms with E-state index < -0.39 is 0 Å². The van der Waals surface area contributed by atoms with Crippen LogP contribution in [0.1, 0.15) is 61.7 Å². The maximum absolute atomic E-state index is 12.9. The van der Waals surface area contributed by atoms with Crippen LogP contribution in [0, 0.1) is 5.41 Å². The fourth-order valence-corrected chi connectivity index (χ4v) is 4.67. The first-order chi connectivity index (χ1) is 12.2. The van der Waals surface area contributed by atoms with Gasteiger partial charge < -0.3 is 15.0 Å². The van der Waals surface area contributed by atoms with E-state index in [0.29, 0.717) is 11.5 Å². The minimum absolute atomic E-state index is 0.162. The zero-order chi connectivity index (χ0) is 17.1. The third kappa shape index (κ3) is 3.84. The number of benzene rings is 1. The molecular weight excluding hydrogens is 312 g/mol. The highest BCUT2D eigenvalue weighted by Gasteiger charge is 2.38. The van der Waals surface area contributed by atoms with Crippen molar-refractivity contribution in [2.24, 2.45) is 5.41 Å². The molecule has 4 rings (SSSR count). The molecule has 1 amide bonds. The maximum atomic E-state index is 12.9. The minimum atomic E-state index is 0.162. The first-order valence-corrected chi connectivity index (χ1v) is 10.0. The molecule has 4 heteroatoms. The molecule has 1 saturated carbocycles. The molecule has 136 valence electrons. The Hall–Kier alpha value is -1.55. The van der Waals surface area contributed by atoms with E-state index in [1.807, 2.05) is 29.2 Å². The van der Waals surface area contributed by atoms with E-state index in [2.05, 4.69) is 5.32 Å². The number of carbonyl (C=O) groups excluding carboxylic acids is 1. The Morgan fingerprint density at radius 2 is 1.92 bits per heavy atom. The number of carbonyl (C=O) groups is 1. The molecule has 2 aliphatic heterocycles. The van der Waals surface area contributed by atoms with Gasteiger partial charge in [-0.3, -0.25) is 4.79 Å². The summed E-state index contributed by atoms with van der Waals surface area (Å²) in [6.45, 7) is 4.02. The molecule has 0 unspecified atom stereocenters. The van der Waals surface area contributed by atoms with Crippen LogP contribution in [0.3, 0.4) is 0 Å². The molecular formula is C21H30N2O2. The molecule has 2 heterocycles. The standard InChI is InChI=1S/C21H30N2O2/c24-20(23-13-10-21(11-14-23)9-12-22-16-21)17-5-4-8-19(15-17)25-18-6-2-1-3-7-18/h4-5,8,15,18,22H,1-3,6-7,9-14,16H2. The average Bonchev–Trinajstić information content (AvgIpc) is 3.11. The van der Waals surface area contributed by atoms with Crippen molar-refractivity contribution in [1.29, 1.82) is 0 Å². The van der Waals surface area contributed by atoms with E-state index in [1.54, 1.807) is 0 Å². The van der Waals surface area contributed by atoms with E-state index in [4.69, 9.17) is 4.74 Å². The van der Waals surface area contributed by atoms with Gasteiger partial charge in [-0.05, 0) is 75.1 Å². The van der Waals surface area contributed by atoms with Crippen molar-refractivity contribution in [2.45, 2.75) is 57.5 Å². The van der Waals surface area contributed by atoms with Crippen LogP contribution in [0.15, 0.2) is 24.3 Å². The van der Waals surface area contributed by atoms with Crippen LogP contribution in [0.2, 0.25) is 0 Å². The molecule has 0 aromatic heterocycles. The fourth-order valence-electron chi connectivity index (χ4n) is 4.67. The molecule has 1 aromatic rings. The summed E-state index contributed by atoms with van der Waals surface area (Å²) in [4.78, 5) is 14.9. The second-order valence-corrected chi connectivity index (χ2v) is 8.12. The average molecular weight is 342 g/mol. The predicted octanol–water partition coefficient (Wildman–Crippen LogP) is 3.61. The molecule has 4 nitrogen and oxygen atoms in total. The van der Waals surface area contributed by atoms with Gasteiger partial charge in [0, 0.05) is 25.2 Å². The van der Waals surface area contributed by atoms with Gasteiger partial charge in [0.1, 0.15) is 5.75 Å². The van der Waals surface area contributed by atoms with Crippen LogP contribution in [0.25, 0.3) is 0 Å². The van der Waals surface area contributed by atoms with Gasteiger partial charge in [0.05, 0.1) is 6.10 Å². The summed E-state index contributed by atoms with van der Waals surface area (Å²) < 4.78 is 6.13. The van der Waals surface area contributed by atoms with Crippen molar-refractivity contribution >= 4 is 5.91 Å². The van der Waals surface area contributed by atoms with Crippen LogP contribution in [-0.2, 0) is 0 Å². The molecule has 3 aliphatic rings. The fraction of sp³-hybridized carbons (Fsp3) is 0.667. The Morgan fingerprint density at radius 3 is 2.64 bits per heavy atom. The number of piperidine rings is 1. The zero-order valence-electron chi connectivity index (χ0n) is 15.1. The molecule has 3 fully saturated rings. The SMILES string of the molecule is O=C(c1cccc(OC2CCCCC2)c1)N1CCC2(CCNC2)CC1. The number of rotatable bonds is 3. The summed E-state index contributed by atoms with van der Waals surface area (Å²) in [5, 5.41) is 3.48. The summed E-state index contributed by atoms with van der Waals surface area (Å²) >= 11 is 0. The Bertz CT molecular complexity index is 594. The van der Waals surface area contributed by atoms with Crippen LogP contribution < -0.4 is 10.1 Å². The zero-order valence-corrected chi connectivity index (χ0v) is 15.1. The molecule has 1 spiro atoms. The predicted molar refractivity (Wildman–Crippen MR) is 99.0 cm³/mol. The Morgan fingerprint density at radius 1 is 1.12 bits per heavy atom. The number of nitrogens with zero attached hydrogens (tertiary/aromatic N) is 1. The number of hydrogen-bond acceptors (Lipinski definition) is 3. The molecule has 1 aromatic carbocycles. The Labute approximate surface area is 150 Å². The van der Waals surface area contributed by atoms with E-state index in [9.17, 15) is 4.79 Å². The number of ether oxygens (including phenoxy) is 1. The van der Waals surface area contributed by atoms with Gasteiger partial charge in [0.2, 0.25) is 0 Å². The highest BCUT2D eigenvalue weighted by atomic mass is 16.5. The summed E-state index contributed by atoms with van der Waals surface area (Å²) in [5.41, 5.74) is 1.22. The Kier molecular flexibility index (Phi) is 4.98. The van der Waals surface area contributed by atoms with E-state index >= 15 is 0 Å². The van der Waals surface area contributed by atoms with Gasteiger partial charge in [-0.2, -0.15) is 0 Å². The molecule has 25 heavy (non-hydrogen) atoms. The second kappa shape index (κ2) is 7.36. The lowest BCUT2D eigenvalue weighted by atomic mass is 9.78. The summed E-state index contributed by atoms with van der Waals surface area (Å²) in [7, 11) is 0. The molecule has 2 saturated heterocycles. The van der Waals surface area contributed by atoms with Crippen LogP contribution in [0.4, 0.5) is 0 Å². The number of likely N-dealkylation sites (tertiary alicyclic amines) is 1. The van der Waals surface area contributed by atoms with Gasteiger partial charge >= 0.3 is 0 Å². The maximum Gasteiger partial charge on any atom is 0.253 e. The van der Waals surface area contributed by atoms with Crippen molar-refractivity contribution in [1.82, 2.24) is 10.2 Å². The van der Waals surface area contributed by atoms with Gasteiger partial charge in [-0.15, -0.1) is 0 Å². The third-order valence-electron chi connectivity index (χ3n) is 6.38. The van der Waals surface area contributed by atoms with E-state index in [0.717, 1.165) is 63.2 Å². The van der Waals surface area contributed by atoms with Crippen molar-refractivity contribution in [2.75, 3.05) is 26.2 Å². The van der Waals surface area contributed by atoms with Crippen molar-refractivity contribution in [3.63, 3.8) is 0 Å². The molecule has 0 bridgehead atoms. The quantitative estimate of drug-likeness (QED) is 0.912. The largest absolute Gasteiger partial charge is 0.490 e. The smallest absolute Gasteiger partial charge is 0.253 e. The second-order valence-electron chi connectivity index (χ2n) is 8.12. The minimum Gasteiger partial charge on any atom is -0.490 e. The van der Waals surface area contributed by atoms with Crippen molar-refractivity contribution in [3.8, 4) is 5.75 Å². The van der Waals surface area contributed by atoms with Gasteiger partial charge in [0.25, 0.3) is 5.91 Å². The normalized spacial score (nSPS) is 23.8. The molecule has 1 aliphatic carbocycles. The lowest BCUT2D eigenvalue weighted by Crippen LogP contribution is -2.44. The molecule has 1 N–H and O–H groups in total. The monoisotopic (exact) mass is 342 g/mol. The van der Waals surface area contributed by atoms with Crippen LogP contribution >= 0.6 is 0 Å². The van der Waals surface area contributed by atoms with Crippen molar-refractivity contribution < 1.29 is 9.53 Å². The number of amides is 1. The summed E-state index contributed by atoms with van der Waals surface area (Å²) in [6.07, 6.45) is 9.96. The van der Waals surface area contributed by atoms with E-state index in [-0.39, 0.29) is 5.91 Å². The highest BCUT2D eigenvalue weighted by Crippen LogP contribution is 2.37.